The van der Waals surface area contributed by atoms with Crippen LogP contribution in [0.2, 0.25) is 0 Å². The molecule has 1 aliphatic rings. The molecule has 5 heteroatoms. The first kappa shape index (κ1) is 20.1. The number of hydrogen-bond acceptors (Lipinski definition) is 3. The van der Waals surface area contributed by atoms with Crippen molar-refractivity contribution in [3.05, 3.63) is 71.0 Å². The van der Waals surface area contributed by atoms with Gasteiger partial charge < -0.3 is 9.74 Å². The highest BCUT2D eigenvalue weighted by Gasteiger charge is 2.27. The lowest BCUT2D eigenvalue weighted by Gasteiger charge is -2.26. The molecule has 4 nitrogen and oxygen atoms in total. The van der Waals surface area contributed by atoms with Crippen LogP contribution >= 0.6 is 0 Å². The summed E-state index contributed by atoms with van der Waals surface area (Å²) in [4.78, 5) is 20.1. The summed E-state index contributed by atoms with van der Waals surface area (Å²) in [5, 5.41) is 4.22. The standard InChI is InChI=1S/C23H27FN2O2/c1-16(2)12-23(27)26(14-19-6-4-5-7-21(19)24)15-20-13-22(25-28-20)18-10-8-17(3)9-11-18/h4-11,16,20H,12-15H2,1-3H3/t20-/m1/s1. The molecule has 1 aliphatic heterocycles. The molecule has 0 spiro atoms. The topological polar surface area (TPSA) is 41.9 Å². The van der Waals surface area contributed by atoms with Crippen molar-refractivity contribution < 1.29 is 14.0 Å². The van der Waals surface area contributed by atoms with Crippen molar-refractivity contribution in [2.75, 3.05) is 6.54 Å². The molecule has 0 aliphatic carbocycles. The van der Waals surface area contributed by atoms with Crippen molar-refractivity contribution in [1.29, 1.82) is 0 Å². The molecule has 3 rings (SSSR count). The van der Waals surface area contributed by atoms with Crippen LogP contribution in [0.5, 0.6) is 0 Å². The molecule has 148 valence electrons. The Morgan fingerprint density at radius 2 is 1.93 bits per heavy atom. The van der Waals surface area contributed by atoms with E-state index in [1.807, 2.05) is 45.0 Å². The van der Waals surface area contributed by atoms with Gasteiger partial charge in [0.2, 0.25) is 5.91 Å². The third-order valence-corrected chi connectivity index (χ3v) is 4.80. The van der Waals surface area contributed by atoms with Crippen LogP contribution in [0, 0.1) is 18.7 Å². The number of benzene rings is 2. The molecule has 2 aromatic rings. The fourth-order valence-electron chi connectivity index (χ4n) is 3.25. The third kappa shape index (κ3) is 5.18. The molecule has 1 atom stereocenters. The van der Waals surface area contributed by atoms with Crippen molar-refractivity contribution >= 4 is 11.6 Å². The van der Waals surface area contributed by atoms with Gasteiger partial charge in [-0.15, -0.1) is 0 Å². The molecular formula is C23H27FN2O2. The Kier molecular flexibility index (Phi) is 6.45. The molecule has 1 amide bonds. The second-order valence-corrected chi connectivity index (χ2v) is 7.80. The Morgan fingerprint density at radius 1 is 1.21 bits per heavy atom. The first-order valence-corrected chi connectivity index (χ1v) is 9.73. The van der Waals surface area contributed by atoms with Crippen molar-refractivity contribution in [2.45, 2.75) is 46.3 Å². The van der Waals surface area contributed by atoms with Crippen molar-refractivity contribution in [3.8, 4) is 0 Å². The Morgan fingerprint density at radius 3 is 2.61 bits per heavy atom. The molecule has 0 N–H and O–H groups in total. The van der Waals surface area contributed by atoms with Gasteiger partial charge in [0.15, 0.2) is 6.10 Å². The minimum atomic E-state index is -0.297. The molecule has 28 heavy (non-hydrogen) atoms. The van der Waals surface area contributed by atoms with E-state index in [0.29, 0.717) is 24.9 Å². The van der Waals surface area contributed by atoms with E-state index in [9.17, 15) is 9.18 Å². The molecule has 0 radical (unpaired) electrons. The van der Waals surface area contributed by atoms with E-state index >= 15 is 0 Å². The van der Waals surface area contributed by atoms with E-state index in [1.54, 1.807) is 23.1 Å². The molecular weight excluding hydrogens is 355 g/mol. The molecule has 0 bridgehead atoms. The van der Waals surface area contributed by atoms with Crippen molar-refractivity contribution in [2.24, 2.45) is 11.1 Å². The van der Waals surface area contributed by atoms with E-state index < -0.39 is 0 Å². The van der Waals surface area contributed by atoms with Gasteiger partial charge in [0.25, 0.3) is 0 Å². The van der Waals surface area contributed by atoms with E-state index in [1.165, 1.54) is 11.6 Å². The lowest BCUT2D eigenvalue weighted by atomic mass is 10.0. The Labute approximate surface area is 166 Å². The van der Waals surface area contributed by atoms with Crippen LogP contribution in [0.25, 0.3) is 0 Å². The van der Waals surface area contributed by atoms with E-state index in [4.69, 9.17) is 4.84 Å². The number of oxime groups is 1. The average molecular weight is 382 g/mol. The van der Waals surface area contributed by atoms with Gasteiger partial charge in [0, 0.05) is 24.9 Å². The zero-order valence-electron chi connectivity index (χ0n) is 16.7. The fraction of sp³-hybridized carbons (Fsp3) is 0.391. The summed E-state index contributed by atoms with van der Waals surface area (Å²) < 4.78 is 14.1. The van der Waals surface area contributed by atoms with Gasteiger partial charge in [-0.25, -0.2) is 4.39 Å². The van der Waals surface area contributed by atoms with Gasteiger partial charge in [-0.2, -0.15) is 0 Å². The van der Waals surface area contributed by atoms with Gasteiger partial charge in [0.05, 0.1) is 12.3 Å². The van der Waals surface area contributed by atoms with Gasteiger partial charge in [-0.3, -0.25) is 4.79 Å². The smallest absolute Gasteiger partial charge is 0.223 e. The number of halogens is 1. The van der Waals surface area contributed by atoms with E-state index in [-0.39, 0.29) is 30.3 Å². The van der Waals surface area contributed by atoms with E-state index in [0.717, 1.165) is 11.3 Å². The number of hydrogen-bond donors (Lipinski definition) is 0. The van der Waals surface area contributed by atoms with Crippen LogP contribution in [-0.4, -0.2) is 29.2 Å². The highest BCUT2D eigenvalue weighted by Crippen LogP contribution is 2.20. The SMILES string of the molecule is Cc1ccc(C2=NO[C@@H](CN(Cc3ccccc3F)C(=O)CC(C)C)C2)cc1. The monoisotopic (exact) mass is 382 g/mol. The largest absolute Gasteiger partial charge is 0.390 e. The maximum atomic E-state index is 14.1. The summed E-state index contributed by atoms with van der Waals surface area (Å²) in [6.45, 7) is 6.67. The number of carbonyl (C=O) groups excluding carboxylic acids is 1. The van der Waals surface area contributed by atoms with Gasteiger partial charge in [-0.05, 0) is 24.5 Å². The molecule has 1 heterocycles. The van der Waals surface area contributed by atoms with Crippen molar-refractivity contribution in [1.82, 2.24) is 4.90 Å². The highest BCUT2D eigenvalue weighted by atomic mass is 19.1. The summed E-state index contributed by atoms with van der Waals surface area (Å²) in [5.41, 5.74) is 3.61. The highest BCUT2D eigenvalue weighted by molar-refractivity contribution is 6.01. The summed E-state index contributed by atoms with van der Waals surface area (Å²) >= 11 is 0. The molecule has 2 aromatic carbocycles. The third-order valence-electron chi connectivity index (χ3n) is 4.80. The zero-order chi connectivity index (χ0) is 20.1. The predicted octanol–water partition coefficient (Wildman–Crippen LogP) is 4.70. The maximum Gasteiger partial charge on any atom is 0.223 e. The number of rotatable bonds is 7. The molecule has 0 unspecified atom stereocenters. The van der Waals surface area contributed by atoms with Gasteiger partial charge in [0.1, 0.15) is 5.82 Å². The van der Waals surface area contributed by atoms with Gasteiger partial charge in [-0.1, -0.05) is 67.0 Å². The van der Waals surface area contributed by atoms with Gasteiger partial charge >= 0.3 is 0 Å². The average Bonchev–Trinajstić information content (AvgIpc) is 3.11. The Balaban J connectivity index is 1.68. The normalized spacial score (nSPS) is 16.0. The predicted molar refractivity (Wildman–Crippen MR) is 108 cm³/mol. The molecule has 0 aromatic heterocycles. The minimum Gasteiger partial charge on any atom is -0.390 e. The van der Waals surface area contributed by atoms with Crippen molar-refractivity contribution in [3.63, 3.8) is 0 Å². The molecule has 0 saturated carbocycles. The molecule has 0 fully saturated rings. The molecule has 0 saturated heterocycles. The second kappa shape index (κ2) is 9.00. The number of aryl methyl sites for hydroxylation is 1. The Bertz CT molecular complexity index is 846. The maximum absolute atomic E-state index is 14.1. The van der Waals surface area contributed by atoms with Crippen LogP contribution in [0.4, 0.5) is 4.39 Å². The lowest BCUT2D eigenvalue weighted by molar-refractivity contribution is -0.134. The number of amides is 1. The fourth-order valence-corrected chi connectivity index (χ4v) is 3.25. The first-order valence-electron chi connectivity index (χ1n) is 9.73. The summed E-state index contributed by atoms with van der Waals surface area (Å²) in [6.07, 6.45) is 0.831. The van der Waals surface area contributed by atoms with Crippen LogP contribution in [0.1, 0.15) is 43.4 Å². The Hall–Kier alpha value is -2.69. The summed E-state index contributed by atoms with van der Waals surface area (Å²) in [5.74, 6) is -0.0566. The second-order valence-electron chi connectivity index (χ2n) is 7.80. The van der Waals surface area contributed by atoms with Crippen LogP contribution in [0.15, 0.2) is 53.7 Å². The quantitative estimate of drug-likeness (QED) is 0.696. The lowest BCUT2D eigenvalue weighted by Crippen LogP contribution is -2.38. The summed E-state index contributed by atoms with van der Waals surface area (Å²) in [6, 6.07) is 14.7. The number of nitrogens with zero attached hydrogens (tertiary/aromatic N) is 2. The summed E-state index contributed by atoms with van der Waals surface area (Å²) in [7, 11) is 0. The first-order chi connectivity index (χ1) is 13.4. The van der Waals surface area contributed by atoms with E-state index in [2.05, 4.69) is 5.16 Å². The number of carbonyl (C=O) groups is 1. The van der Waals surface area contributed by atoms with Crippen LogP contribution in [-0.2, 0) is 16.2 Å². The zero-order valence-corrected chi connectivity index (χ0v) is 16.7. The van der Waals surface area contributed by atoms with Crippen LogP contribution < -0.4 is 0 Å². The minimum absolute atomic E-state index is 0.00522. The van der Waals surface area contributed by atoms with Crippen LogP contribution in [0.3, 0.4) is 0 Å².